The minimum atomic E-state index is -3.83. The normalized spacial score (nSPS) is 12.3. The van der Waals surface area contributed by atoms with Crippen LogP contribution in [-0.2, 0) is 23.0 Å². The summed E-state index contributed by atoms with van der Waals surface area (Å²) in [4.78, 5) is 0.115. The monoisotopic (exact) mass is 420 g/mol. The van der Waals surface area contributed by atoms with Crippen LogP contribution in [0.2, 0.25) is 0 Å². The third kappa shape index (κ3) is 4.88. The number of para-hydroxylation sites is 1. The maximum absolute atomic E-state index is 13.6. The first-order chi connectivity index (χ1) is 14.5. The number of methoxy groups -OCH3 is 1. The van der Waals surface area contributed by atoms with Crippen LogP contribution in [-0.4, -0.2) is 25.9 Å². The zero-order valence-electron chi connectivity index (χ0n) is 17.0. The molecule has 0 heterocycles. The molecule has 6 heteroatoms. The number of sulfonamides is 1. The van der Waals surface area contributed by atoms with Crippen LogP contribution in [0.5, 0.6) is 5.75 Å². The average Bonchev–Trinajstić information content (AvgIpc) is 2.78. The number of hydrogen-bond donors (Lipinski definition) is 0. The molecule has 0 fully saturated rings. The predicted octanol–water partition coefficient (Wildman–Crippen LogP) is 4.39. The molecule has 154 valence electrons. The summed E-state index contributed by atoms with van der Waals surface area (Å²) >= 11 is 0. The third-order valence-corrected chi connectivity index (χ3v) is 6.91. The molecule has 0 aliphatic carbocycles. The lowest BCUT2D eigenvalue weighted by Crippen LogP contribution is -2.39. The largest absolute Gasteiger partial charge is 0.496 e. The van der Waals surface area contributed by atoms with Crippen molar-refractivity contribution in [2.24, 2.45) is 0 Å². The van der Waals surface area contributed by atoms with E-state index in [0.717, 1.165) is 16.9 Å². The zero-order valence-corrected chi connectivity index (χ0v) is 17.8. The predicted molar refractivity (Wildman–Crippen MR) is 116 cm³/mol. The van der Waals surface area contributed by atoms with E-state index in [2.05, 4.69) is 0 Å². The van der Waals surface area contributed by atoms with E-state index in [1.807, 2.05) is 67.6 Å². The van der Waals surface area contributed by atoms with Gasteiger partial charge in [-0.3, -0.25) is 0 Å². The van der Waals surface area contributed by atoms with Crippen molar-refractivity contribution >= 4 is 10.0 Å². The van der Waals surface area contributed by atoms with E-state index in [4.69, 9.17) is 4.74 Å². The lowest BCUT2D eigenvalue weighted by atomic mass is 10.1. The van der Waals surface area contributed by atoms with Crippen LogP contribution in [0.1, 0.15) is 23.6 Å². The minimum Gasteiger partial charge on any atom is -0.496 e. The van der Waals surface area contributed by atoms with Crippen molar-refractivity contribution < 1.29 is 13.2 Å². The first kappa shape index (κ1) is 21.6. The van der Waals surface area contributed by atoms with E-state index in [0.29, 0.717) is 12.0 Å². The smallest absolute Gasteiger partial charge is 0.243 e. The van der Waals surface area contributed by atoms with Gasteiger partial charge in [-0.25, -0.2) is 8.42 Å². The van der Waals surface area contributed by atoms with Gasteiger partial charge in [-0.2, -0.15) is 9.57 Å². The lowest BCUT2D eigenvalue weighted by molar-refractivity contribution is 0.323. The Morgan fingerprint density at radius 2 is 1.70 bits per heavy atom. The van der Waals surface area contributed by atoms with Crippen molar-refractivity contribution in [1.29, 1.82) is 5.26 Å². The molecule has 5 nitrogen and oxygen atoms in total. The molecule has 0 N–H and O–H groups in total. The van der Waals surface area contributed by atoms with Crippen molar-refractivity contribution in [3.05, 3.63) is 95.6 Å². The SMILES string of the molecule is COc1ccccc1C[C@H](C)N(Cc1ccccc1)S(=O)(=O)c1cccc(C#N)c1. The van der Waals surface area contributed by atoms with Crippen molar-refractivity contribution in [3.8, 4) is 11.8 Å². The highest BCUT2D eigenvalue weighted by Crippen LogP contribution is 2.26. The summed E-state index contributed by atoms with van der Waals surface area (Å²) in [6.07, 6.45) is 0.494. The Bertz CT molecular complexity index is 1140. The number of benzene rings is 3. The van der Waals surface area contributed by atoms with Gasteiger partial charge in [-0.05, 0) is 48.7 Å². The maximum Gasteiger partial charge on any atom is 0.243 e. The second kappa shape index (κ2) is 9.57. The highest BCUT2D eigenvalue weighted by atomic mass is 32.2. The van der Waals surface area contributed by atoms with Gasteiger partial charge in [0.2, 0.25) is 10.0 Å². The summed E-state index contributed by atoms with van der Waals surface area (Å²) < 4.78 is 34.1. The van der Waals surface area contributed by atoms with E-state index in [1.165, 1.54) is 16.4 Å². The van der Waals surface area contributed by atoms with E-state index >= 15 is 0 Å². The summed E-state index contributed by atoms with van der Waals surface area (Å²) in [5.74, 6) is 0.730. The molecule has 0 radical (unpaired) electrons. The molecule has 0 saturated heterocycles. The first-order valence-electron chi connectivity index (χ1n) is 9.63. The van der Waals surface area contributed by atoms with Crippen molar-refractivity contribution in [3.63, 3.8) is 0 Å². The fourth-order valence-corrected chi connectivity index (χ4v) is 5.06. The molecule has 0 spiro atoms. The summed E-state index contributed by atoms with van der Waals surface area (Å²) in [6, 6.07) is 24.9. The molecule has 30 heavy (non-hydrogen) atoms. The van der Waals surface area contributed by atoms with Crippen LogP contribution < -0.4 is 4.74 Å². The van der Waals surface area contributed by atoms with Crippen LogP contribution in [0.25, 0.3) is 0 Å². The molecule has 3 aromatic carbocycles. The van der Waals surface area contributed by atoms with Crippen molar-refractivity contribution in [2.45, 2.75) is 30.8 Å². The molecule has 0 saturated carbocycles. The molecule has 0 aliphatic rings. The first-order valence-corrected chi connectivity index (χ1v) is 11.1. The number of rotatable bonds is 8. The molecule has 0 amide bonds. The Morgan fingerprint density at radius 1 is 1.00 bits per heavy atom. The van der Waals surface area contributed by atoms with Crippen LogP contribution in [0.4, 0.5) is 0 Å². The summed E-state index contributed by atoms with van der Waals surface area (Å²) in [5, 5.41) is 9.19. The molecule has 0 aliphatic heterocycles. The zero-order chi connectivity index (χ0) is 21.6. The molecule has 0 bridgehead atoms. The van der Waals surface area contributed by atoms with Gasteiger partial charge in [-0.15, -0.1) is 0 Å². The molecule has 3 rings (SSSR count). The Labute approximate surface area is 178 Å². The van der Waals surface area contributed by atoms with E-state index in [-0.39, 0.29) is 17.5 Å². The average molecular weight is 421 g/mol. The van der Waals surface area contributed by atoms with E-state index in [1.54, 1.807) is 19.2 Å². The Kier molecular flexibility index (Phi) is 6.88. The summed E-state index contributed by atoms with van der Waals surface area (Å²) in [5.41, 5.74) is 2.14. The minimum absolute atomic E-state index is 0.115. The molecule has 1 atom stereocenters. The van der Waals surface area contributed by atoms with Crippen LogP contribution >= 0.6 is 0 Å². The van der Waals surface area contributed by atoms with Gasteiger partial charge in [0.05, 0.1) is 23.6 Å². The number of hydrogen-bond acceptors (Lipinski definition) is 4. The Morgan fingerprint density at radius 3 is 2.40 bits per heavy atom. The molecule has 0 unspecified atom stereocenters. The van der Waals surface area contributed by atoms with Crippen LogP contribution in [0.15, 0.2) is 83.8 Å². The fourth-order valence-electron chi connectivity index (χ4n) is 3.39. The molecule has 3 aromatic rings. The van der Waals surface area contributed by atoms with Crippen molar-refractivity contribution in [1.82, 2.24) is 4.31 Å². The number of ether oxygens (including phenoxy) is 1. The van der Waals surface area contributed by atoms with Gasteiger partial charge in [0.15, 0.2) is 0 Å². The van der Waals surface area contributed by atoms with E-state index < -0.39 is 10.0 Å². The molecular weight excluding hydrogens is 396 g/mol. The number of nitriles is 1. The van der Waals surface area contributed by atoms with Gasteiger partial charge in [0.1, 0.15) is 5.75 Å². The second-order valence-corrected chi connectivity index (χ2v) is 8.93. The standard InChI is InChI=1S/C24H24N2O3S/c1-19(15-22-12-6-7-14-24(22)29-2)26(18-20-9-4-3-5-10-20)30(27,28)23-13-8-11-21(16-23)17-25/h3-14,16,19H,15,18H2,1-2H3/t19-/m0/s1. The molecular formula is C24H24N2O3S. The van der Waals surface area contributed by atoms with Gasteiger partial charge >= 0.3 is 0 Å². The number of nitrogens with zero attached hydrogens (tertiary/aromatic N) is 2. The quantitative estimate of drug-likeness (QED) is 0.542. The third-order valence-electron chi connectivity index (χ3n) is 4.95. The van der Waals surface area contributed by atoms with E-state index in [9.17, 15) is 13.7 Å². The summed E-state index contributed by atoms with van der Waals surface area (Å²) in [7, 11) is -2.22. The van der Waals surface area contributed by atoms with Crippen LogP contribution in [0, 0.1) is 11.3 Å². The topological polar surface area (TPSA) is 70.4 Å². The Hall–Kier alpha value is -3.14. The fraction of sp³-hybridized carbons (Fsp3) is 0.208. The maximum atomic E-state index is 13.6. The van der Waals surface area contributed by atoms with Gasteiger partial charge < -0.3 is 4.74 Å². The van der Waals surface area contributed by atoms with Gasteiger partial charge in [0.25, 0.3) is 0 Å². The van der Waals surface area contributed by atoms with Crippen LogP contribution in [0.3, 0.4) is 0 Å². The summed E-state index contributed by atoms with van der Waals surface area (Å²) in [6.45, 7) is 2.12. The highest BCUT2D eigenvalue weighted by Gasteiger charge is 2.30. The van der Waals surface area contributed by atoms with Gasteiger partial charge in [-0.1, -0.05) is 54.6 Å². The van der Waals surface area contributed by atoms with Gasteiger partial charge in [0, 0.05) is 12.6 Å². The van der Waals surface area contributed by atoms with Crippen molar-refractivity contribution in [2.75, 3.05) is 7.11 Å². The molecule has 0 aromatic heterocycles. The lowest BCUT2D eigenvalue weighted by Gasteiger charge is -2.29. The Balaban J connectivity index is 2.00. The highest BCUT2D eigenvalue weighted by molar-refractivity contribution is 7.89. The second-order valence-electron chi connectivity index (χ2n) is 7.04.